The van der Waals surface area contributed by atoms with Crippen LogP contribution in [0.5, 0.6) is 5.75 Å². The van der Waals surface area contributed by atoms with Gasteiger partial charge in [0.25, 0.3) is 0 Å². The van der Waals surface area contributed by atoms with Gasteiger partial charge in [0.1, 0.15) is 5.75 Å². The zero-order chi connectivity index (χ0) is 20.1. The Morgan fingerprint density at radius 3 is 2.72 bits per heavy atom. The Morgan fingerprint density at radius 2 is 1.97 bits per heavy atom. The van der Waals surface area contributed by atoms with Crippen LogP contribution in [-0.4, -0.2) is 44.8 Å². The molecule has 152 valence electrons. The third-order valence-electron chi connectivity index (χ3n) is 4.70. The van der Waals surface area contributed by atoms with Gasteiger partial charge in [-0.2, -0.15) is 0 Å². The molecule has 1 saturated heterocycles. The van der Waals surface area contributed by atoms with Crippen LogP contribution in [0.2, 0.25) is 0 Å². The first kappa shape index (κ1) is 19.7. The van der Waals surface area contributed by atoms with E-state index in [9.17, 15) is 4.79 Å². The van der Waals surface area contributed by atoms with E-state index in [4.69, 9.17) is 14.2 Å². The topological polar surface area (TPSA) is 60.4 Å². The summed E-state index contributed by atoms with van der Waals surface area (Å²) in [4.78, 5) is 19.9. The van der Waals surface area contributed by atoms with Crippen molar-refractivity contribution in [3.8, 4) is 5.75 Å². The van der Waals surface area contributed by atoms with E-state index in [1.165, 1.54) is 5.00 Å². The molecule has 1 aromatic carbocycles. The predicted octanol–water partition coefficient (Wildman–Crippen LogP) is 4.11. The highest BCUT2D eigenvalue weighted by atomic mass is 32.1. The average Bonchev–Trinajstić information content (AvgIpc) is 3.37. The highest BCUT2D eigenvalue weighted by molar-refractivity contribution is 7.16. The maximum atomic E-state index is 12.3. The Balaban J connectivity index is 1.45. The minimum atomic E-state index is -0.426. The minimum Gasteiger partial charge on any atom is -0.494 e. The smallest absolute Gasteiger partial charge is 0.363 e. The number of unbranched alkanes of at least 4 members (excludes halogenated alkanes) is 1. The van der Waals surface area contributed by atoms with Gasteiger partial charge in [-0.3, -0.25) is 0 Å². The fraction of sp³-hybridized carbons (Fsp3) is 0.364. The Hall–Kier alpha value is -2.64. The van der Waals surface area contributed by atoms with Crippen molar-refractivity contribution in [2.45, 2.75) is 19.8 Å². The van der Waals surface area contributed by atoms with Gasteiger partial charge >= 0.3 is 5.97 Å². The van der Waals surface area contributed by atoms with Gasteiger partial charge in [-0.05, 0) is 48.9 Å². The molecule has 0 spiro atoms. The van der Waals surface area contributed by atoms with E-state index in [0.29, 0.717) is 18.2 Å². The molecule has 2 aliphatic rings. The molecule has 4 rings (SSSR count). The standard InChI is InChI=1S/C22H24N2O4S/c1-2-3-12-27-17-6-4-16(5-7-17)21-23-19(22(25)28-21)15-18-8-9-20(29-18)24-10-13-26-14-11-24/h4-9,15H,2-3,10-14H2,1H3/b19-15-. The quantitative estimate of drug-likeness (QED) is 0.389. The largest absolute Gasteiger partial charge is 0.494 e. The van der Waals surface area contributed by atoms with Crippen LogP contribution in [0.25, 0.3) is 6.08 Å². The SMILES string of the molecule is CCCCOc1ccc(C2=N/C(=C\c3ccc(N4CCOCC4)s3)C(=O)O2)cc1. The number of rotatable bonds is 7. The molecule has 0 unspecified atom stereocenters. The zero-order valence-electron chi connectivity index (χ0n) is 16.4. The molecule has 3 heterocycles. The highest BCUT2D eigenvalue weighted by Crippen LogP contribution is 2.29. The summed E-state index contributed by atoms with van der Waals surface area (Å²) < 4.78 is 16.4. The molecule has 7 heteroatoms. The lowest BCUT2D eigenvalue weighted by Crippen LogP contribution is -2.35. The number of nitrogens with zero attached hydrogens (tertiary/aromatic N) is 2. The van der Waals surface area contributed by atoms with Crippen LogP contribution >= 0.6 is 11.3 Å². The number of benzene rings is 1. The third-order valence-corrected chi connectivity index (χ3v) is 5.80. The van der Waals surface area contributed by atoms with Gasteiger partial charge < -0.3 is 19.1 Å². The third kappa shape index (κ3) is 4.86. The number of hydrogen-bond acceptors (Lipinski definition) is 7. The van der Waals surface area contributed by atoms with E-state index in [0.717, 1.165) is 55.3 Å². The fourth-order valence-corrected chi connectivity index (χ4v) is 4.06. The number of morpholine rings is 1. The Bertz CT molecular complexity index is 911. The maximum Gasteiger partial charge on any atom is 0.363 e. The number of carbonyl (C=O) groups is 1. The van der Waals surface area contributed by atoms with E-state index in [1.807, 2.05) is 30.3 Å². The summed E-state index contributed by atoms with van der Waals surface area (Å²) in [6.07, 6.45) is 3.90. The summed E-state index contributed by atoms with van der Waals surface area (Å²) in [5.41, 5.74) is 1.07. The van der Waals surface area contributed by atoms with Crippen LogP contribution in [0.3, 0.4) is 0 Å². The predicted molar refractivity (Wildman–Crippen MR) is 115 cm³/mol. The highest BCUT2D eigenvalue weighted by Gasteiger charge is 2.24. The summed E-state index contributed by atoms with van der Waals surface area (Å²) >= 11 is 1.64. The molecule has 0 radical (unpaired) electrons. The molecule has 1 fully saturated rings. The molecule has 29 heavy (non-hydrogen) atoms. The van der Waals surface area contributed by atoms with Crippen molar-refractivity contribution >= 4 is 34.3 Å². The minimum absolute atomic E-state index is 0.318. The van der Waals surface area contributed by atoms with Crippen molar-refractivity contribution < 1.29 is 19.0 Å². The first-order valence-corrected chi connectivity index (χ1v) is 10.7. The lowest BCUT2D eigenvalue weighted by Gasteiger charge is -2.27. The summed E-state index contributed by atoms with van der Waals surface area (Å²) in [7, 11) is 0. The molecule has 0 bridgehead atoms. The Labute approximate surface area is 174 Å². The second-order valence-electron chi connectivity index (χ2n) is 6.84. The van der Waals surface area contributed by atoms with E-state index in [1.54, 1.807) is 17.4 Å². The van der Waals surface area contributed by atoms with Crippen LogP contribution < -0.4 is 9.64 Å². The zero-order valence-corrected chi connectivity index (χ0v) is 17.2. The summed E-state index contributed by atoms with van der Waals surface area (Å²) in [5, 5.41) is 1.18. The number of anilines is 1. The summed E-state index contributed by atoms with van der Waals surface area (Å²) in [6, 6.07) is 11.5. The number of carbonyl (C=O) groups excluding carboxylic acids is 1. The van der Waals surface area contributed by atoms with Crippen molar-refractivity contribution in [3.05, 3.63) is 52.5 Å². The molecule has 2 aromatic rings. The maximum absolute atomic E-state index is 12.3. The molecule has 0 saturated carbocycles. The molecule has 1 aromatic heterocycles. The van der Waals surface area contributed by atoms with Gasteiger partial charge in [0.15, 0.2) is 5.70 Å². The van der Waals surface area contributed by atoms with Gasteiger partial charge in [0, 0.05) is 23.5 Å². The van der Waals surface area contributed by atoms with Gasteiger partial charge in [-0.1, -0.05) is 13.3 Å². The van der Waals surface area contributed by atoms with E-state index in [-0.39, 0.29) is 0 Å². The van der Waals surface area contributed by atoms with E-state index < -0.39 is 5.97 Å². The van der Waals surface area contributed by atoms with Crippen molar-refractivity contribution in [2.24, 2.45) is 4.99 Å². The molecule has 0 atom stereocenters. The number of ether oxygens (including phenoxy) is 3. The fourth-order valence-electron chi connectivity index (χ4n) is 3.07. The number of esters is 1. The lowest BCUT2D eigenvalue weighted by molar-refractivity contribution is -0.129. The first-order chi connectivity index (χ1) is 14.2. The van der Waals surface area contributed by atoms with Crippen molar-refractivity contribution in [3.63, 3.8) is 0 Å². The van der Waals surface area contributed by atoms with Crippen LogP contribution in [0.15, 0.2) is 47.1 Å². The first-order valence-electron chi connectivity index (χ1n) is 9.91. The molecular weight excluding hydrogens is 388 g/mol. The molecule has 2 aliphatic heterocycles. The van der Waals surface area contributed by atoms with Crippen molar-refractivity contribution in [2.75, 3.05) is 37.8 Å². The second kappa shape index (κ2) is 9.24. The molecule has 0 aliphatic carbocycles. The monoisotopic (exact) mass is 412 g/mol. The van der Waals surface area contributed by atoms with Gasteiger partial charge in [-0.15, -0.1) is 11.3 Å². The Morgan fingerprint density at radius 1 is 1.17 bits per heavy atom. The van der Waals surface area contributed by atoms with Crippen LogP contribution in [0.1, 0.15) is 30.2 Å². The van der Waals surface area contributed by atoms with Crippen LogP contribution in [0, 0.1) is 0 Å². The second-order valence-corrected chi connectivity index (χ2v) is 7.93. The number of hydrogen-bond donors (Lipinski definition) is 0. The Kier molecular flexibility index (Phi) is 6.27. The normalized spacial score (nSPS) is 18.1. The lowest BCUT2D eigenvalue weighted by atomic mass is 10.2. The summed E-state index contributed by atoms with van der Waals surface area (Å²) in [6.45, 7) is 6.10. The van der Waals surface area contributed by atoms with Gasteiger partial charge in [-0.25, -0.2) is 9.79 Å². The van der Waals surface area contributed by atoms with Crippen molar-refractivity contribution in [1.82, 2.24) is 0 Å². The average molecular weight is 413 g/mol. The van der Waals surface area contributed by atoms with E-state index >= 15 is 0 Å². The van der Waals surface area contributed by atoms with Gasteiger partial charge in [0.2, 0.25) is 5.90 Å². The molecular formula is C22H24N2O4S. The number of cyclic esters (lactones) is 1. The number of thiophene rings is 1. The number of aliphatic imine (C=N–C) groups is 1. The van der Waals surface area contributed by atoms with E-state index in [2.05, 4.69) is 22.9 Å². The van der Waals surface area contributed by atoms with Crippen molar-refractivity contribution in [1.29, 1.82) is 0 Å². The summed E-state index contributed by atoms with van der Waals surface area (Å²) in [5.74, 6) is 0.702. The van der Waals surface area contributed by atoms with Crippen LogP contribution in [0.4, 0.5) is 5.00 Å². The molecule has 6 nitrogen and oxygen atoms in total. The van der Waals surface area contributed by atoms with Gasteiger partial charge in [0.05, 0.1) is 24.8 Å². The molecule has 0 N–H and O–H groups in total. The molecule has 0 amide bonds. The van der Waals surface area contributed by atoms with Crippen LogP contribution in [-0.2, 0) is 14.3 Å².